The van der Waals surface area contributed by atoms with Gasteiger partial charge in [-0.1, -0.05) is 0 Å². The number of benzene rings is 2. The van der Waals surface area contributed by atoms with Gasteiger partial charge in [0.15, 0.2) is 0 Å². The molecule has 0 heterocycles. The van der Waals surface area contributed by atoms with Crippen molar-refractivity contribution in [3.63, 3.8) is 0 Å². The van der Waals surface area contributed by atoms with Crippen molar-refractivity contribution in [1.29, 1.82) is 0 Å². The summed E-state index contributed by atoms with van der Waals surface area (Å²) < 4.78 is 3.06. The van der Waals surface area contributed by atoms with E-state index in [1.807, 2.05) is 14.1 Å². The van der Waals surface area contributed by atoms with Gasteiger partial charge in [-0.25, -0.2) is 0 Å². The van der Waals surface area contributed by atoms with Crippen molar-refractivity contribution >= 4 is 35.2 Å². The van der Waals surface area contributed by atoms with Crippen LogP contribution in [0.1, 0.15) is 37.1 Å². The Hall–Kier alpha value is -0.601. The standard InChI is InChI=1S/C18H24N2Se2/c1-13(19-3)15-9-5-7-11-17(15)21-22-18-12-8-6-10-16(18)14(2)20-4/h5-14,19-20H,1-4H3/t13-,14-/m1/s1. The van der Waals surface area contributed by atoms with Crippen molar-refractivity contribution in [3.05, 3.63) is 59.7 Å². The molecule has 2 N–H and O–H groups in total. The van der Waals surface area contributed by atoms with Crippen molar-refractivity contribution in [2.24, 2.45) is 0 Å². The molecule has 0 fully saturated rings. The average molecular weight is 426 g/mol. The summed E-state index contributed by atoms with van der Waals surface area (Å²) in [6.07, 6.45) is 0. The number of hydrogen-bond acceptors (Lipinski definition) is 2. The van der Waals surface area contributed by atoms with Gasteiger partial charge in [0, 0.05) is 0 Å². The van der Waals surface area contributed by atoms with E-state index < -0.39 is 0 Å². The van der Waals surface area contributed by atoms with Gasteiger partial charge < -0.3 is 0 Å². The Bertz CT molecular complexity index is 548. The normalized spacial score (nSPS) is 13.8. The van der Waals surface area contributed by atoms with E-state index in [0.29, 0.717) is 38.3 Å². The van der Waals surface area contributed by atoms with Gasteiger partial charge in [-0.05, 0) is 0 Å². The number of rotatable bonds is 7. The molecule has 0 saturated heterocycles. The van der Waals surface area contributed by atoms with E-state index in [1.54, 1.807) is 0 Å². The SMILES string of the molecule is CN[C@H](C)c1ccccc1[Se][Se]c1ccccc1[C@@H](C)NC. The molecule has 4 heteroatoms. The molecule has 0 spiro atoms. The van der Waals surface area contributed by atoms with Crippen LogP contribution in [0.15, 0.2) is 48.5 Å². The van der Waals surface area contributed by atoms with E-state index in [4.69, 9.17) is 0 Å². The topological polar surface area (TPSA) is 24.1 Å². The summed E-state index contributed by atoms with van der Waals surface area (Å²) in [6, 6.07) is 18.6. The molecule has 0 aliphatic carbocycles. The molecule has 0 unspecified atom stereocenters. The van der Waals surface area contributed by atoms with Gasteiger partial charge in [-0.15, -0.1) is 0 Å². The van der Waals surface area contributed by atoms with E-state index in [-0.39, 0.29) is 0 Å². The fourth-order valence-electron chi connectivity index (χ4n) is 2.23. The molecular formula is C18H24N2Se2. The van der Waals surface area contributed by atoms with E-state index >= 15 is 0 Å². The quantitative estimate of drug-likeness (QED) is 0.657. The van der Waals surface area contributed by atoms with Crippen LogP contribution in [0.25, 0.3) is 0 Å². The third-order valence-electron chi connectivity index (χ3n) is 3.86. The molecule has 2 nitrogen and oxygen atoms in total. The van der Waals surface area contributed by atoms with Gasteiger partial charge in [0.05, 0.1) is 0 Å². The van der Waals surface area contributed by atoms with Crippen LogP contribution >= 0.6 is 0 Å². The Balaban J connectivity index is 2.18. The zero-order valence-electron chi connectivity index (χ0n) is 13.6. The van der Waals surface area contributed by atoms with Gasteiger partial charge in [0.1, 0.15) is 0 Å². The van der Waals surface area contributed by atoms with Crippen LogP contribution in [-0.4, -0.2) is 40.4 Å². The molecule has 22 heavy (non-hydrogen) atoms. The Kier molecular flexibility index (Phi) is 7.17. The van der Waals surface area contributed by atoms with Gasteiger partial charge >= 0.3 is 146 Å². The van der Waals surface area contributed by atoms with Gasteiger partial charge in [0.2, 0.25) is 0 Å². The van der Waals surface area contributed by atoms with Crippen molar-refractivity contribution < 1.29 is 0 Å². The first kappa shape index (κ1) is 17.7. The van der Waals surface area contributed by atoms with Gasteiger partial charge in [0.25, 0.3) is 0 Å². The molecule has 0 amide bonds. The Morgan fingerprint density at radius 1 is 0.682 bits per heavy atom. The second-order valence-corrected chi connectivity index (χ2v) is 11.4. The molecule has 0 bridgehead atoms. The predicted molar refractivity (Wildman–Crippen MR) is 98.6 cm³/mol. The van der Waals surface area contributed by atoms with E-state index in [9.17, 15) is 0 Å². The molecule has 2 aromatic carbocycles. The molecule has 118 valence electrons. The molecule has 0 aromatic heterocycles. The minimum atomic E-state index is 0.417. The van der Waals surface area contributed by atoms with E-state index in [1.165, 1.54) is 20.1 Å². The molecular weight excluding hydrogens is 402 g/mol. The molecule has 2 atom stereocenters. The van der Waals surface area contributed by atoms with Crippen LogP contribution in [0.3, 0.4) is 0 Å². The van der Waals surface area contributed by atoms with Crippen molar-refractivity contribution in [1.82, 2.24) is 10.6 Å². The average Bonchev–Trinajstić information content (AvgIpc) is 2.59. The predicted octanol–water partition coefficient (Wildman–Crippen LogP) is 1.52. The Morgan fingerprint density at radius 2 is 1.05 bits per heavy atom. The fourth-order valence-corrected chi connectivity index (χ4v) is 9.87. The molecule has 2 aromatic rings. The first-order valence-electron chi connectivity index (χ1n) is 7.54. The monoisotopic (exact) mass is 428 g/mol. The van der Waals surface area contributed by atoms with Crippen molar-refractivity contribution in [2.75, 3.05) is 14.1 Å². The van der Waals surface area contributed by atoms with E-state index in [0.717, 1.165) is 0 Å². The summed E-state index contributed by atoms with van der Waals surface area (Å²) in [4.78, 5) is 0. The van der Waals surface area contributed by atoms with E-state index in [2.05, 4.69) is 73.0 Å². The zero-order valence-corrected chi connectivity index (χ0v) is 17.0. The van der Waals surface area contributed by atoms with Crippen LogP contribution in [0.2, 0.25) is 0 Å². The first-order valence-corrected chi connectivity index (χ1v) is 13.6. The summed E-state index contributed by atoms with van der Waals surface area (Å²) in [7, 11) is 4.06. The second-order valence-electron chi connectivity index (χ2n) is 5.26. The summed E-state index contributed by atoms with van der Waals surface area (Å²) >= 11 is 1.02. The molecule has 2 rings (SSSR count). The van der Waals surface area contributed by atoms with Crippen molar-refractivity contribution in [2.45, 2.75) is 25.9 Å². The van der Waals surface area contributed by atoms with Crippen LogP contribution in [0, 0.1) is 0 Å². The minimum absolute atomic E-state index is 0.417. The summed E-state index contributed by atoms with van der Waals surface area (Å²) in [6.45, 7) is 4.47. The van der Waals surface area contributed by atoms with Crippen molar-refractivity contribution in [3.8, 4) is 0 Å². The summed E-state index contributed by atoms with van der Waals surface area (Å²) in [5.74, 6) is 0. The van der Waals surface area contributed by atoms with Crippen LogP contribution in [-0.2, 0) is 0 Å². The maximum absolute atomic E-state index is 3.37. The van der Waals surface area contributed by atoms with Crippen LogP contribution in [0.5, 0.6) is 0 Å². The third-order valence-corrected chi connectivity index (χ3v) is 11.2. The number of hydrogen-bond donors (Lipinski definition) is 2. The molecule has 0 saturated carbocycles. The van der Waals surface area contributed by atoms with Gasteiger partial charge in [-0.2, -0.15) is 0 Å². The Morgan fingerprint density at radius 3 is 1.41 bits per heavy atom. The Labute approximate surface area is 145 Å². The second kappa shape index (κ2) is 8.88. The zero-order chi connectivity index (χ0) is 15.9. The maximum atomic E-state index is 3.37. The van der Waals surface area contributed by atoms with Crippen LogP contribution in [0.4, 0.5) is 0 Å². The number of nitrogens with one attached hydrogen (secondary N) is 2. The summed E-state index contributed by atoms with van der Waals surface area (Å²) in [5, 5.41) is 6.73. The molecule has 0 aliphatic heterocycles. The van der Waals surface area contributed by atoms with Crippen LogP contribution < -0.4 is 19.6 Å². The summed E-state index contributed by atoms with van der Waals surface area (Å²) in [5.41, 5.74) is 2.90. The van der Waals surface area contributed by atoms with Gasteiger partial charge in [-0.3, -0.25) is 0 Å². The third kappa shape index (κ3) is 4.45. The first-order chi connectivity index (χ1) is 10.7. The fraction of sp³-hybridized carbons (Fsp3) is 0.333. The molecule has 0 radical (unpaired) electrons. The molecule has 0 aliphatic rings.